The van der Waals surface area contributed by atoms with Crippen LogP contribution in [0, 0.1) is 6.92 Å². The van der Waals surface area contributed by atoms with Crippen molar-refractivity contribution in [1.29, 1.82) is 0 Å². The Labute approximate surface area is 129 Å². The number of halogens is 1. The van der Waals surface area contributed by atoms with E-state index in [0.717, 1.165) is 21.3 Å². The first kappa shape index (κ1) is 13.6. The summed E-state index contributed by atoms with van der Waals surface area (Å²) in [4.78, 5) is 0. The molecule has 0 fully saturated rings. The molecule has 2 aromatic carbocycles. The van der Waals surface area contributed by atoms with Crippen molar-refractivity contribution in [1.82, 2.24) is 20.2 Å². The van der Waals surface area contributed by atoms with Crippen LogP contribution < -0.4 is 11.5 Å². The van der Waals surface area contributed by atoms with Gasteiger partial charge < -0.3 is 11.5 Å². The first-order valence-electron chi connectivity index (χ1n) is 6.26. The number of nitrogens with zero attached hydrogens (tertiary/aromatic N) is 4. The minimum atomic E-state index is 0.539. The third kappa shape index (κ3) is 2.47. The van der Waals surface area contributed by atoms with Crippen LogP contribution in [0.1, 0.15) is 5.56 Å². The molecule has 21 heavy (non-hydrogen) atoms. The van der Waals surface area contributed by atoms with Crippen LogP contribution in [0.4, 0.5) is 11.4 Å². The molecule has 3 aromatic rings. The molecule has 0 bridgehead atoms. The van der Waals surface area contributed by atoms with Crippen molar-refractivity contribution >= 4 is 27.3 Å². The van der Waals surface area contributed by atoms with E-state index in [1.807, 2.05) is 31.2 Å². The first-order chi connectivity index (χ1) is 10.1. The molecule has 0 unspecified atom stereocenters. The van der Waals surface area contributed by atoms with Gasteiger partial charge in [-0.3, -0.25) is 0 Å². The monoisotopic (exact) mass is 344 g/mol. The minimum Gasteiger partial charge on any atom is -0.399 e. The average Bonchev–Trinajstić information content (AvgIpc) is 2.91. The molecule has 1 aromatic heterocycles. The van der Waals surface area contributed by atoms with Crippen molar-refractivity contribution in [2.24, 2.45) is 0 Å². The zero-order valence-corrected chi connectivity index (χ0v) is 12.9. The number of tetrazole rings is 1. The highest BCUT2D eigenvalue weighted by Crippen LogP contribution is 2.28. The SMILES string of the molecule is Cc1ccc(-n2nnnc2-c2ccc(N)cc2N)cc1Br. The van der Waals surface area contributed by atoms with Crippen LogP contribution >= 0.6 is 15.9 Å². The highest BCUT2D eigenvalue weighted by Gasteiger charge is 2.14. The smallest absolute Gasteiger partial charge is 0.189 e. The molecule has 0 radical (unpaired) electrons. The van der Waals surface area contributed by atoms with Gasteiger partial charge in [0.15, 0.2) is 5.82 Å². The lowest BCUT2D eigenvalue weighted by Crippen LogP contribution is -2.02. The standard InChI is InChI=1S/C14H13BrN6/c1-8-2-4-10(7-12(8)15)21-14(18-19-20-21)11-5-3-9(16)6-13(11)17/h2-7H,16-17H2,1H3. The maximum absolute atomic E-state index is 6.02. The molecule has 0 aliphatic carbocycles. The molecule has 0 amide bonds. The van der Waals surface area contributed by atoms with Crippen LogP contribution in [0.2, 0.25) is 0 Å². The van der Waals surface area contributed by atoms with Gasteiger partial charge >= 0.3 is 0 Å². The maximum atomic E-state index is 6.02. The number of anilines is 2. The van der Waals surface area contributed by atoms with Crippen molar-refractivity contribution in [2.75, 3.05) is 11.5 Å². The first-order valence-corrected chi connectivity index (χ1v) is 7.06. The normalized spacial score (nSPS) is 10.8. The van der Waals surface area contributed by atoms with E-state index < -0.39 is 0 Å². The van der Waals surface area contributed by atoms with Crippen LogP contribution in [0.15, 0.2) is 40.9 Å². The molecular weight excluding hydrogens is 332 g/mol. The van der Waals surface area contributed by atoms with Crippen LogP contribution in [0.3, 0.4) is 0 Å². The van der Waals surface area contributed by atoms with Crippen LogP contribution in [-0.4, -0.2) is 20.2 Å². The number of hydrogen-bond donors (Lipinski definition) is 2. The summed E-state index contributed by atoms with van der Waals surface area (Å²) in [6.45, 7) is 2.02. The number of nitrogen functional groups attached to an aromatic ring is 2. The summed E-state index contributed by atoms with van der Waals surface area (Å²) in [5.74, 6) is 0.572. The molecule has 3 rings (SSSR count). The molecule has 0 saturated carbocycles. The molecule has 4 N–H and O–H groups in total. The summed E-state index contributed by atoms with van der Waals surface area (Å²) >= 11 is 3.51. The molecule has 0 aliphatic heterocycles. The van der Waals surface area contributed by atoms with Crippen molar-refractivity contribution in [2.45, 2.75) is 6.92 Å². The third-order valence-corrected chi connectivity index (χ3v) is 4.04. The Kier molecular flexibility index (Phi) is 3.34. The summed E-state index contributed by atoms with van der Waals surface area (Å²) < 4.78 is 2.64. The van der Waals surface area contributed by atoms with Crippen molar-refractivity contribution < 1.29 is 0 Å². The lowest BCUT2D eigenvalue weighted by atomic mass is 10.1. The number of nitrogens with two attached hydrogens (primary N) is 2. The fourth-order valence-corrected chi connectivity index (χ4v) is 2.39. The predicted octanol–water partition coefficient (Wildman–Crippen LogP) is 2.56. The number of benzene rings is 2. The van der Waals surface area contributed by atoms with Crippen LogP contribution in [0.25, 0.3) is 17.1 Å². The van der Waals surface area contributed by atoms with E-state index in [4.69, 9.17) is 11.5 Å². The Hall–Kier alpha value is -2.41. The highest BCUT2D eigenvalue weighted by atomic mass is 79.9. The molecule has 0 atom stereocenters. The number of hydrogen-bond acceptors (Lipinski definition) is 5. The van der Waals surface area contributed by atoms with Gasteiger partial charge in [0.2, 0.25) is 0 Å². The van der Waals surface area contributed by atoms with Gasteiger partial charge in [0.1, 0.15) is 0 Å². The number of aryl methyl sites for hydroxylation is 1. The minimum absolute atomic E-state index is 0.539. The lowest BCUT2D eigenvalue weighted by molar-refractivity contribution is 0.790. The van der Waals surface area contributed by atoms with E-state index in [2.05, 4.69) is 31.5 Å². The highest BCUT2D eigenvalue weighted by molar-refractivity contribution is 9.10. The lowest BCUT2D eigenvalue weighted by Gasteiger charge is -2.08. The summed E-state index contributed by atoms with van der Waals surface area (Å²) in [6.07, 6.45) is 0. The second-order valence-corrected chi connectivity index (χ2v) is 5.55. The van der Waals surface area contributed by atoms with E-state index in [-0.39, 0.29) is 0 Å². The topological polar surface area (TPSA) is 95.6 Å². The van der Waals surface area contributed by atoms with Crippen molar-refractivity contribution in [3.05, 3.63) is 46.4 Å². The zero-order chi connectivity index (χ0) is 15.0. The van der Waals surface area contributed by atoms with Crippen LogP contribution in [-0.2, 0) is 0 Å². The van der Waals surface area contributed by atoms with Gasteiger partial charge in [-0.1, -0.05) is 22.0 Å². The Morgan fingerprint density at radius 2 is 1.90 bits per heavy atom. The third-order valence-electron chi connectivity index (χ3n) is 3.19. The molecule has 0 spiro atoms. The number of rotatable bonds is 2. The Bertz CT molecular complexity index is 811. The molecular formula is C14H13BrN6. The van der Waals surface area contributed by atoms with Gasteiger partial charge in [0.05, 0.1) is 5.69 Å². The van der Waals surface area contributed by atoms with E-state index >= 15 is 0 Å². The van der Waals surface area contributed by atoms with Gasteiger partial charge in [-0.25, -0.2) is 0 Å². The predicted molar refractivity (Wildman–Crippen MR) is 85.9 cm³/mol. The van der Waals surface area contributed by atoms with Gasteiger partial charge in [-0.2, -0.15) is 4.68 Å². The van der Waals surface area contributed by atoms with E-state index in [0.29, 0.717) is 17.2 Å². The quantitative estimate of drug-likeness (QED) is 0.696. The molecule has 0 aliphatic rings. The Morgan fingerprint density at radius 1 is 1.10 bits per heavy atom. The van der Waals surface area contributed by atoms with Crippen LogP contribution in [0.5, 0.6) is 0 Å². The van der Waals surface area contributed by atoms with Crippen molar-refractivity contribution in [3.8, 4) is 17.1 Å². The second kappa shape index (κ2) is 5.17. The fraction of sp³-hybridized carbons (Fsp3) is 0.0714. The van der Waals surface area contributed by atoms with Crippen molar-refractivity contribution in [3.63, 3.8) is 0 Å². The van der Waals surface area contributed by atoms with E-state index in [9.17, 15) is 0 Å². The molecule has 7 heteroatoms. The molecule has 106 valence electrons. The van der Waals surface area contributed by atoms with E-state index in [1.54, 1.807) is 16.8 Å². The molecule has 0 saturated heterocycles. The van der Waals surface area contributed by atoms with Gasteiger partial charge in [0, 0.05) is 21.4 Å². The van der Waals surface area contributed by atoms with Gasteiger partial charge in [-0.15, -0.1) is 5.10 Å². The second-order valence-electron chi connectivity index (χ2n) is 4.69. The fourth-order valence-electron chi connectivity index (χ4n) is 2.03. The summed E-state index contributed by atoms with van der Waals surface area (Å²) in [5.41, 5.74) is 15.6. The zero-order valence-electron chi connectivity index (χ0n) is 11.3. The largest absolute Gasteiger partial charge is 0.399 e. The summed E-state index contributed by atoms with van der Waals surface area (Å²) in [5, 5.41) is 11.9. The summed E-state index contributed by atoms with van der Waals surface area (Å²) in [6, 6.07) is 11.2. The van der Waals surface area contributed by atoms with E-state index in [1.165, 1.54) is 0 Å². The summed E-state index contributed by atoms with van der Waals surface area (Å²) in [7, 11) is 0. The molecule has 6 nitrogen and oxygen atoms in total. The Balaban J connectivity index is 2.14. The van der Waals surface area contributed by atoms with Gasteiger partial charge in [0.25, 0.3) is 0 Å². The average molecular weight is 345 g/mol. The maximum Gasteiger partial charge on any atom is 0.189 e. The number of aromatic nitrogens is 4. The molecule has 1 heterocycles. The Morgan fingerprint density at radius 3 is 2.62 bits per heavy atom. The van der Waals surface area contributed by atoms with Gasteiger partial charge in [-0.05, 0) is 53.2 Å².